The summed E-state index contributed by atoms with van der Waals surface area (Å²) in [6.45, 7) is 3.66. The first-order valence-corrected chi connectivity index (χ1v) is 7.30. The molecule has 0 radical (unpaired) electrons. The molecule has 1 aliphatic rings. The van der Waals surface area contributed by atoms with Gasteiger partial charge in [-0.25, -0.2) is 4.79 Å². The maximum atomic E-state index is 12.0. The van der Waals surface area contributed by atoms with Crippen molar-refractivity contribution in [2.45, 2.75) is 26.4 Å². The molecule has 0 aliphatic carbocycles. The maximum Gasteiger partial charge on any atom is 0.410 e. The predicted molar refractivity (Wildman–Crippen MR) is 77.6 cm³/mol. The highest BCUT2D eigenvalue weighted by atomic mass is 16.6. The molecule has 0 N–H and O–H groups in total. The number of carbonyl (C=O) groups excluding carboxylic acids is 2. The van der Waals surface area contributed by atoms with E-state index in [1.165, 1.54) is 0 Å². The lowest BCUT2D eigenvalue weighted by Gasteiger charge is -2.16. The van der Waals surface area contributed by atoms with E-state index >= 15 is 0 Å². The molecule has 1 amide bonds. The van der Waals surface area contributed by atoms with Gasteiger partial charge in [-0.2, -0.15) is 0 Å². The van der Waals surface area contributed by atoms with Crippen LogP contribution in [0.3, 0.4) is 0 Å². The van der Waals surface area contributed by atoms with Gasteiger partial charge in [0.25, 0.3) is 0 Å². The number of hydrogen-bond donors (Lipinski definition) is 0. The van der Waals surface area contributed by atoms with E-state index in [1.54, 1.807) is 11.8 Å². The summed E-state index contributed by atoms with van der Waals surface area (Å²) in [5, 5.41) is 0. The highest BCUT2D eigenvalue weighted by Gasteiger charge is 2.29. The molecule has 1 aromatic carbocycles. The maximum absolute atomic E-state index is 12.0. The van der Waals surface area contributed by atoms with E-state index in [0.717, 1.165) is 12.0 Å². The van der Waals surface area contributed by atoms with Crippen molar-refractivity contribution in [3.05, 3.63) is 35.9 Å². The lowest BCUT2D eigenvalue weighted by molar-refractivity contribution is -0.144. The zero-order valence-corrected chi connectivity index (χ0v) is 12.3. The Bertz CT molecular complexity index is 474. The first-order valence-electron chi connectivity index (χ1n) is 7.30. The van der Waals surface area contributed by atoms with E-state index in [0.29, 0.717) is 26.1 Å². The van der Waals surface area contributed by atoms with Crippen LogP contribution in [0.5, 0.6) is 0 Å². The molecule has 1 aliphatic heterocycles. The van der Waals surface area contributed by atoms with Crippen molar-refractivity contribution in [3.8, 4) is 0 Å². The van der Waals surface area contributed by atoms with Crippen LogP contribution in [0.1, 0.15) is 25.3 Å². The second-order valence-corrected chi connectivity index (χ2v) is 5.15. The fraction of sp³-hybridized carbons (Fsp3) is 0.500. The molecule has 1 atom stereocenters. The minimum Gasteiger partial charge on any atom is -0.466 e. The predicted octanol–water partition coefficient (Wildman–Crippen LogP) is 2.60. The number of nitrogens with zero attached hydrogens (tertiary/aromatic N) is 1. The summed E-state index contributed by atoms with van der Waals surface area (Å²) in [6.07, 6.45) is 0.875. The molecule has 0 saturated carbocycles. The Kier molecular flexibility index (Phi) is 5.60. The van der Waals surface area contributed by atoms with Gasteiger partial charge in [-0.3, -0.25) is 4.79 Å². The van der Waals surface area contributed by atoms with Crippen LogP contribution in [0, 0.1) is 5.92 Å². The molecule has 5 heteroatoms. The molecule has 114 valence electrons. The van der Waals surface area contributed by atoms with Crippen LogP contribution in [-0.4, -0.2) is 36.7 Å². The third kappa shape index (κ3) is 4.77. The first kappa shape index (κ1) is 15.4. The largest absolute Gasteiger partial charge is 0.466 e. The molecule has 5 nitrogen and oxygen atoms in total. The average Bonchev–Trinajstić information content (AvgIpc) is 2.94. The molecule has 0 spiro atoms. The van der Waals surface area contributed by atoms with Crippen LogP contribution in [0.25, 0.3) is 0 Å². The van der Waals surface area contributed by atoms with Gasteiger partial charge in [-0.15, -0.1) is 0 Å². The zero-order valence-electron chi connectivity index (χ0n) is 12.3. The SMILES string of the molecule is CCOC(=O)C[C@H]1CCN(C(=O)OCc2ccccc2)C1. The van der Waals surface area contributed by atoms with Crippen molar-refractivity contribution in [1.29, 1.82) is 0 Å². The lowest BCUT2D eigenvalue weighted by atomic mass is 10.1. The zero-order chi connectivity index (χ0) is 15.1. The number of likely N-dealkylation sites (tertiary alicyclic amines) is 1. The highest BCUT2D eigenvalue weighted by molar-refractivity contribution is 5.71. The summed E-state index contributed by atoms with van der Waals surface area (Å²) >= 11 is 0. The van der Waals surface area contributed by atoms with Crippen molar-refractivity contribution in [2.75, 3.05) is 19.7 Å². The number of amides is 1. The lowest BCUT2D eigenvalue weighted by Crippen LogP contribution is -2.29. The summed E-state index contributed by atoms with van der Waals surface area (Å²) in [7, 11) is 0. The molecule has 21 heavy (non-hydrogen) atoms. The second-order valence-electron chi connectivity index (χ2n) is 5.15. The monoisotopic (exact) mass is 291 g/mol. The number of benzene rings is 1. The Labute approximate surface area is 124 Å². The summed E-state index contributed by atoms with van der Waals surface area (Å²) in [4.78, 5) is 25.1. The Balaban J connectivity index is 1.73. The molecule has 1 saturated heterocycles. The molecule has 0 bridgehead atoms. The fourth-order valence-corrected chi connectivity index (χ4v) is 2.43. The van der Waals surface area contributed by atoms with Crippen LogP contribution in [0.15, 0.2) is 30.3 Å². The minimum atomic E-state index is -0.315. The number of rotatable bonds is 5. The Hall–Kier alpha value is -2.04. The van der Waals surface area contributed by atoms with Crippen molar-refractivity contribution in [1.82, 2.24) is 4.90 Å². The van der Waals surface area contributed by atoms with Crippen LogP contribution >= 0.6 is 0 Å². The van der Waals surface area contributed by atoms with E-state index in [1.807, 2.05) is 30.3 Å². The Morgan fingerprint density at radius 2 is 2.00 bits per heavy atom. The summed E-state index contributed by atoms with van der Waals surface area (Å²) in [5.74, 6) is -0.0182. The van der Waals surface area contributed by atoms with E-state index in [2.05, 4.69) is 0 Å². The van der Waals surface area contributed by atoms with Gasteiger partial charge in [0.05, 0.1) is 13.0 Å². The van der Waals surface area contributed by atoms with Crippen molar-refractivity contribution in [2.24, 2.45) is 5.92 Å². The van der Waals surface area contributed by atoms with E-state index in [9.17, 15) is 9.59 Å². The van der Waals surface area contributed by atoms with Gasteiger partial charge in [0.1, 0.15) is 6.61 Å². The van der Waals surface area contributed by atoms with Gasteiger partial charge in [0, 0.05) is 13.1 Å². The molecule has 0 unspecified atom stereocenters. The van der Waals surface area contributed by atoms with E-state index < -0.39 is 0 Å². The van der Waals surface area contributed by atoms with Gasteiger partial charge in [-0.1, -0.05) is 30.3 Å². The number of carbonyl (C=O) groups is 2. The Morgan fingerprint density at radius 3 is 2.71 bits per heavy atom. The van der Waals surface area contributed by atoms with Crippen LogP contribution in [0.4, 0.5) is 4.79 Å². The number of esters is 1. The molecule has 1 fully saturated rings. The average molecular weight is 291 g/mol. The standard InChI is InChI=1S/C16H21NO4/c1-2-20-15(18)10-14-8-9-17(11-14)16(19)21-12-13-6-4-3-5-7-13/h3-7,14H,2,8-12H2,1H3/t14-/m1/s1. The molecule has 2 rings (SSSR count). The molecule has 1 heterocycles. The normalized spacial score (nSPS) is 17.6. The fourth-order valence-electron chi connectivity index (χ4n) is 2.43. The van der Waals surface area contributed by atoms with Gasteiger partial charge < -0.3 is 14.4 Å². The van der Waals surface area contributed by atoms with Crippen molar-refractivity contribution < 1.29 is 19.1 Å². The van der Waals surface area contributed by atoms with Crippen LogP contribution < -0.4 is 0 Å². The van der Waals surface area contributed by atoms with Gasteiger partial charge in [0.2, 0.25) is 0 Å². The topological polar surface area (TPSA) is 55.8 Å². The third-order valence-electron chi connectivity index (χ3n) is 3.51. The van der Waals surface area contributed by atoms with E-state index in [4.69, 9.17) is 9.47 Å². The van der Waals surface area contributed by atoms with E-state index in [-0.39, 0.29) is 24.6 Å². The smallest absolute Gasteiger partial charge is 0.410 e. The summed E-state index contributed by atoms with van der Waals surface area (Å²) < 4.78 is 10.2. The Morgan fingerprint density at radius 1 is 1.24 bits per heavy atom. The molecular formula is C16H21NO4. The molecule has 1 aromatic rings. The summed E-state index contributed by atoms with van der Waals surface area (Å²) in [6, 6.07) is 9.58. The summed E-state index contributed by atoms with van der Waals surface area (Å²) in [5.41, 5.74) is 0.966. The highest BCUT2D eigenvalue weighted by Crippen LogP contribution is 2.21. The quantitative estimate of drug-likeness (QED) is 0.782. The van der Waals surface area contributed by atoms with Crippen LogP contribution in [0.2, 0.25) is 0 Å². The second kappa shape index (κ2) is 7.67. The first-order chi connectivity index (χ1) is 10.2. The third-order valence-corrected chi connectivity index (χ3v) is 3.51. The van der Waals surface area contributed by atoms with Crippen molar-refractivity contribution in [3.63, 3.8) is 0 Å². The molecule has 0 aromatic heterocycles. The number of hydrogen-bond acceptors (Lipinski definition) is 4. The number of ether oxygens (including phenoxy) is 2. The van der Waals surface area contributed by atoms with Gasteiger partial charge in [0.15, 0.2) is 0 Å². The van der Waals surface area contributed by atoms with Gasteiger partial charge in [-0.05, 0) is 24.8 Å². The molecular weight excluding hydrogens is 270 g/mol. The minimum absolute atomic E-state index is 0.174. The van der Waals surface area contributed by atoms with Crippen LogP contribution in [-0.2, 0) is 20.9 Å². The van der Waals surface area contributed by atoms with Crippen molar-refractivity contribution >= 4 is 12.1 Å². The van der Waals surface area contributed by atoms with Gasteiger partial charge >= 0.3 is 12.1 Å².